The first kappa shape index (κ1) is 21.7. The number of rotatable bonds is 5. The van der Waals surface area contributed by atoms with Gasteiger partial charge in [0.05, 0.1) is 6.04 Å². The lowest BCUT2D eigenvalue weighted by molar-refractivity contribution is 0.158. The minimum absolute atomic E-state index is 0.110. The van der Waals surface area contributed by atoms with Crippen LogP contribution in [0, 0.1) is 11.3 Å². The van der Waals surface area contributed by atoms with E-state index in [0.717, 1.165) is 11.9 Å². The molecule has 0 unspecified atom stereocenters. The van der Waals surface area contributed by atoms with Gasteiger partial charge in [-0.3, -0.25) is 0 Å². The third kappa shape index (κ3) is 2.98. The Hall–Kier alpha value is -2.82. The number of fused-ring (bicyclic) bond motifs is 6. The van der Waals surface area contributed by atoms with Crippen LogP contribution < -0.4 is 0 Å². The Bertz CT molecular complexity index is 1420. The van der Waals surface area contributed by atoms with Crippen LogP contribution in [0.25, 0.3) is 21.8 Å². The molecule has 1 aliphatic heterocycles. The summed E-state index contributed by atoms with van der Waals surface area (Å²) in [7, 11) is 0. The van der Waals surface area contributed by atoms with Crippen LogP contribution in [0.4, 0.5) is 0 Å². The molecule has 0 radical (unpaired) electrons. The molecule has 3 atom stereocenters. The summed E-state index contributed by atoms with van der Waals surface area (Å²) in [6.45, 7) is 7.39. The van der Waals surface area contributed by atoms with Crippen molar-refractivity contribution in [1.82, 2.24) is 9.55 Å². The summed E-state index contributed by atoms with van der Waals surface area (Å²) in [5.74, 6) is 0.690. The molecule has 0 saturated carbocycles. The Morgan fingerprint density at radius 3 is 2.38 bits per heavy atom. The number of hydrogen-bond acceptors (Lipinski definition) is 2. The highest BCUT2D eigenvalue weighted by molar-refractivity contribution is 5.88. The molecule has 0 bridgehead atoms. The normalized spacial score (nSPS) is 23.3. The third-order valence-corrected chi connectivity index (χ3v) is 8.35. The van der Waals surface area contributed by atoms with Crippen molar-refractivity contribution in [1.29, 1.82) is 0 Å². The SMILES string of the molecule is CC1=C[C@@H]2c3c(CCO)c4ccccc4n3[C@H](c3[nH]c4ccccc4c3CCO)[C@@H]2C(C)(C)C1. The van der Waals surface area contributed by atoms with Gasteiger partial charge < -0.3 is 19.8 Å². The fourth-order valence-corrected chi connectivity index (χ4v) is 7.38. The highest BCUT2D eigenvalue weighted by atomic mass is 16.3. The summed E-state index contributed by atoms with van der Waals surface area (Å²) >= 11 is 0. The van der Waals surface area contributed by atoms with Gasteiger partial charge in [-0.15, -0.1) is 0 Å². The lowest BCUT2D eigenvalue weighted by Gasteiger charge is -2.42. The molecule has 0 spiro atoms. The standard InChI is InChI=1S/C30H34N2O2/c1-18-16-23-26(30(2,3)17-18)29(27-21(12-14-33)19-8-4-6-10-24(19)31-27)32-25-11-7-5-9-20(25)22(13-15-34)28(23)32/h4-11,16,23,26,29,31,33-34H,12-15,17H2,1-3H3/t23-,26+,29-/m0/s1. The molecule has 176 valence electrons. The number of nitrogens with zero attached hydrogens (tertiary/aromatic N) is 1. The average Bonchev–Trinajstić information content (AvgIpc) is 3.43. The van der Waals surface area contributed by atoms with E-state index >= 15 is 0 Å². The van der Waals surface area contributed by atoms with Crippen molar-refractivity contribution in [3.8, 4) is 0 Å². The Morgan fingerprint density at radius 2 is 1.62 bits per heavy atom. The predicted molar refractivity (Wildman–Crippen MR) is 138 cm³/mol. The summed E-state index contributed by atoms with van der Waals surface area (Å²) in [6.07, 6.45) is 4.89. The second-order valence-corrected chi connectivity index (χ2v) is 10.9. The van der Waals surface area contributed by atoms with Gasteiger partial charge >= 0.3 is 0 Å². The van der Waals surface area contributed by atoms with E-state index in [-0.39, 0.29) is 24.7 Å². The van der Waals surface area contributed by atoms with Gasteiger partial charge in [-0.2, -0.15) is 0 Å². The fourth-order valence-electron chi connectivity index (χ4n) is 7.38. The van der Waals surface area contributed by atoms with Gasteiger partial charge in [-0.05, 0) is 54.9 Å². The maximum Gasteiger partial charge on any atom is 0.0783 e. The van der Waals surface area contributed by atoms with Gasteiger partial charge in [0.2, 0.25) is 0 Å². The Balaban J connectivity index is 1.71. The summed E-state index contributed by atoms with van der Waals surface area (Å²) in [5.41, 5.74) is 9.07. The number of H-pyrrole nitrogens is 1. The van der Waals surface area contributed by atoms with Crippen LogP contribution in [-0.4, -0.2) is 33.0 Å². The number of aliphatic hydroxyl groups is 2. The summed E-state index contributed by atoms with van der Waals surface area (Å²) in [4.78, 5) is 3.82. The Labute approximate surface area is 200 Å². The van der Waals surface area contributed by atoms with E-state index in [9.17, 15) is 10.2 Å². The van der Waals surface area contributed by atoms with Crippen molar-refractivity contribution in [2.75, 3.05) is 13.2 Å². The molecule has 2 aromatic carbocycles. The number of para-hydroxylation sites is 2. The highest BCUT2D eigenvalue weighted by Crippen LogP contribution is 2.61. The molecule has 3 heterocycles. The van der Waals surface area contributed by atoms with Gasteiger partial charge in [-0.25, -0.2) is 0 Å². The minimum atomic E-state index is 0.110. The second kappa shape index (κ2) is 7.86. The van der Waals surface area contributed by atoms with E-state index in [0.29, 0.717) is 24.7 Å². The van der Waals surface area contributed by atoms with Crippen molar-refractivity contribution in [2.24, 2.45) is 11.3 Å². The van der Waals surface area contributed by atoms with Gasteiger partial charge in [0.1, 0.15) is 0 Å². The number of hydrogen-bond donors (Lipinski definition) is 3. The van der Waals surface area contributed by atoms with Crippen LogP contribution in [0.15, 0.2) is 60.2 Å². The van der Waals surface area contributed by atoms with Gasteiger partial charge in [-0.1, -0.05) is 61.9 Å². The zero-order valence-electron chi connectivity index (χ0n) is 20.3. The molecule has 3 N–H and O–H groups in total. The Morgan fingerprint density at radius 1 is 0.941 bits per heavy atom. The first-order chi connectivity index (χ1) is 16.5. The average molecular weight is 455 g/mol. The van der Waals surface area contributed by atoms with E-state index in [4.69, 9.17) is 0 Å². The monoisotopic (exact) mass is 454 g/mol. The van der Waals surface area contributed by atoms with Crippen molar-refractivity contribution >= 4 is 21.8 Å². The minimum Gasteiger partial charge on any atom is -0.396 e. The maximum atomic E-state index is 10.0. The topological polar surface area (TPSA) is 61.2 Å². The molecule has 4 heteroatoms. The summed E-state index contributed by atoms with van der Waals surface area (Å²) < 4.78 is 2.58. The number of aromatic nitrogens is 2. The third-order valence-electron chi connectivity index (χ3n) is 8.35. The van der Waals surface area contributed by atoms with Gasteiger partial charge in [0.15, 0.2) is 0 Å². The summed E-state index contributed by atoms with van der Waals surface area (Å²) in [6, 6.07) is 17.3. The van der Waals surface area contributed by atoms with Crippen LogP contribution in [0.2, 0.25) is 0 Å². The zero-order chi connectivity index (χ0) is 23.6. The van der Waals surface area contributed by atoms with Crippen molar-refractivity contribution in [3.05, 3.63) is 82.7 Å². The van der Waals surface area contributed by atoms with Crippen molar-refractivity contribution in [2.45, 2.75) is 52.0 Å². The molecule has 0 amide bonds. The quantitative estimate of drug-likeness (QED) is 0.330. The lowest BCUT2D eigenvalue weighted by Crippen LogP contribution is -2.35. The van der Waals surface area contributed by atoms with E-state index < -0.39 is 0 Å². The largest absolute Gasteiger partial charge is 0.396 e. The molecule has 4 aromatic rings. The molecule has 2 aromatic heterocycles. The number of benzene rings is 2. The van der Waals surface area contributed by atoms with Crippen LogP contribution in [-0.2, 0) is 12.8 Å². The van der Waals surface area contributed by atoms with Crippen molar-refractivity contribution < 1.29 is 10.2 Å². The molecular formula is C30H34N2O2. The van der Waals surface area contributed by atoms with Gasteiger partial charge in [0, 0.05) is 58.2 Å². The van der Waals surface area contributed by atoms with Crippen LogP contribution in [0.1, 0.15) is 61.7 Å². The second-order valence-electron chi connectivity index (χ2n) is 10.9. The first-order valence-corrected chi connectivity index (χ1v) is 12.6. The molecule has 6 rings (SSSR count). The number of aliphatic hydroxyl groups excluding tert-OH is 2. The molecule has 4 nitrogen and oxygen atoms in total. The maximum absolute atomic E-state index is 10.0. The predicted octanol–water partition coefficient (Wildman–Crippen LogP) is 5.87. The number of nitrogens with one attached hydrogen (secondary N) is 1. The molecule has 1 aliphatic carbocycles. The van der Waals surface area contributed by atoms with Gasteiger partial charge in [0.25, 0.3) is 0 Å². The number of aromatic amines is 1. The van der Waals surface area contributed by atoms with Crippen molar-refractivity contribution in [3.63, 3.8) is 0 Å². The van der Waals surface area contributed by atoms with Crippen LogP contribution in [0.3, 0.4) is 0 Å². The molecular weight excluding hydrogens is 420 g/mol. The Kier molecular flexibility index (Phi) is 5.02. The van der Waals surface area contributed by atoms with E-state index in [2.05, 4.69) is 84.9 Å². The lowest BCUT2D eigenvalue weighted by atomic mass is 9.62. The summed E-state index contributed by atoms with van der Waals surface area (Å²) in [5, 5.41) is 22.5. The van der Waals surface area contributed by atoms with E-state index in [1.807, 2.05) is 0 Å². The highest BCUT2D eigenvalue weighted by Gasteiger charge is 2.52. The zero-order valence-corrected chi connectivity index (χ0v) is 20.3. The first-order valence-electron chi connectivity index (χ1n) is 12.6. The molecule has 0 fully saturated rings. The van der Waals surface area contributed by atoms with Crippen LogP contribution in [0.5, 0.6) is 0 Å². The fraction of sp³-hybridized carbons (Fsp3) is 0.400. The molecule has 0 saturated heterocycles. The van der Waals surface area contributed by atoms with E-state index in [1.165, 1.54) is 44.4 Å². The van der Waals surface area contributed by atoms with E-state index in [1.54, 1.807) is 0 Å². The van der Waals surface area contributed by atoms with Crippen LogP contribution >= 0.6 is 0 Å². The molecule has 2 aliphatic rings. The smallest absolute Gasteiger partial charge is 0.0783 e. The molecule has 34 heavy (non-hydrogen) atoms. The number of allylic oxidation sites excluding steroid dienone is 2.